The van der Waals surface area contributed by atoms with Gasteiger partial charge in [0.1, 0.15) is 13.2 Å². The number of fused-ring (bicyclic) bond motifs is 1. The number of amides is 1. The molecule has 3 rings (SSSR count). The predicted octanol–water partition coefficient (Wildman–Crippen LogP) is 1.29. The molecule has 0 bridgehead atoms. The van der Waals surface area contributed by atoms with Crippen LogP contribution in [0.25, 0.3) is 0 Å². The van der Waals surface area contributed by atoms with E-state index in [0.717, 1.165) is 4.31 Å². The van der Waals surface area contributed by atoms with Crippen molar-refractivity contribution in [2.24, 2.45) is 0 Å². The highest BCUT2D eigenvalue weighted by Gasteiger charge is 2.26. The minimum absolute atomic E-state index is 0.00737. The summed E-state index contributed by atoms with van der Waals surface area (Å²) in [5.74, 6) is -1.41. The molecule has 1 aliphatic rings. The number of benzene rings is 2. The summed E-state index contributed by atoms with van der Waals surface area (Å²) in [6.07, 6.45) is 0. The summed E-state index contributed by atoms with van der Waals surface area (Å²) in [5, 5.41) is 2.48. The highest BCUT2D eigenvalue weighted by atomic mass is 32.2. The Kier molecular flexibility index (Phi) is 7.19. The summed E-state index contributed by atoms with van der Waals surface area (Å²) >= 11 is 0. The van der Waals surface area contributed by atoms with Crippen molar-refractivity contribution in [3.05, 3.63) is 47.5 Å². The maximum atomic E-state index is 12.9. The highest BCUT2D eigenvalue weighted by Crippen LogP contribution is 2.33. The zero-order valence-corrected chi connectivity index (χ0v) is 18.9. The van der Waals surface area contributed by atoms with Crippen LogP contribution in [0.5, 0.6) is 11.5 Å². The zero-order chi connectivity index (χ0) is 24.2. The van der Waals surface area contributed by atoms with Crippen LogP contribution in [0, 0.1) is 0 Å². The fourth-order valence-electron chi connectivity index (χ4n) is 3.02. The number of anilines is 1. The molecule has 12 heteroatoms. The Morgan fingerprint density at radius 2 is 1.52 bits per heavy atom. The van der Waals surface area contributed by atoms with Gasteiger partial charge in [0, 0.05) is 18.8 Å². The molecule has 0 aromatic heterocycles. The first-order valence-corrected chi connectivity index (χ1v) is 11.1. The summed E-state index contributed by atoms with van der Waals surface area (Å²) in [5.41, 5.74) is 0.106. The van der Waals surface area contributed by atoms with E-state index >= 15 is 0 Å². The van der Waals surface area contributed by atoms with Gasteiger partial charge in [-0.25, -0.2) is 18.0 Å². The van der Waals surface area contributed by atoms with Gasteiger partial charge in [0.2, 0.25) is 15.9 Å². The largest absolute Gasteiger partial charge is 0.486 e. The lowest BCUT2D eigenvalue weighted by molar-refractivity contribution is -0.116. The molecule has 0 atom stereocenters. The smallest absolute Gasteiger partial charge is 0.337 e. The van der Waals surface area contributed by atoms with Gasteiger partial charge in [0.25, 0.3) is 0 Å². The number of hydrogen-bond acceptors (Lipinski definition) is 9. The van der Waals surface area contributed by atoms with E-state index in [1.165, 1.54) is 57.7 Å². The Morgan fingerprint density at radius 3 is 2.09 bits per heavy atom. The van der Waals surface area contributed by atoms with E-state index in [-0.39, 0.29) is 21.7 Å². The van der Waals surface area contributed by atoms with Crippen molar-refractivity contribution in [3.8, 4) is 11.5 Å². The van der Waals surface area contributed by atoms with E-state index in [1.54, 1.807) is 0 Å². The Hall–Kier alpha value is -3.64. The second kappa shape index (κ2) is 9.88. The number of ether oxygens (including phenoxy) is 4. The summed E-state index contributed by atoms with van der Waals surface area (Å²) in [4.78, 5) is 36.3. The third kappa shape index (κ3) is 5.41. The topological polar surface area (TPSA) is 138 Å². The molecule has 11 nitrogen and oxygen atoms in total. The summed E-state index contributed by atoms with van der Waals surface area (Å²) in [6, 6.07) is 8.03. The average molecular weight is 478 g/mol. The lowest BCUT2D eigenvalue weighted by atomic mass is 10.1. The number of rotatable bonds is 7. The summed E-state index contributed by atoms with van der Waals surface area (Å²) in [7, 11) is -0.436. The number of esters is 2. The number of sulfonamides is 1. The molecule has 33 heavy (non-hydrogen) atoms. The zero-order valence-electron chi connectivity index (χ0n) is 18.1. The summed E-state index contributed by atoms with van der Waals surface area (Å²) < 4.78 is 46.8. The molecule has 0 fully saturated rings. The second-order valence-electron chi connectivity index (χ2n) is 6.90. The van der Waals surface area contributed by atoms with Crippen LogP contribution in [0.1, 0.15) is 20.7 Å². The normalized spacial score (nSPS) is 12.7. The van der Waals surface area contributed by atoms with Gasteiger partial charge in [-0.2, -0.15) is 4.31 Å². The van der Waals surface area contributed by atoms with Crippen LogP contribution in [0.2, 0.25) is 0 Å². The van der Waals surface area contributed by atoms with Crippen molar-refractivity contribution in [1.82, 2.24) is 4.31 Å². The number of likely N-dealkylation sites (N-methyl/N-ethyl adjacent to an activating group) is 1. The van der Waals surface area contributed by atoms with Gasteiger partial charge in [-0.05, 0) is 30.3 Å². The van der Waals surface area contributed by atoms with Crippen LogP contribution < -0.4 is 14.8 Å². The van der Waals surface area contributed by atoms with Crippen molar-refractivity contribution < 1.29 is 41.7 Å². The number of hydrogen-bond donors (Lipinski definition) is 1. The lowest BCUT2D eigenvalue weighted by Crippen LogP contribution is -2.35. The van der Waals surface area contributed by atoms with Crippen molar-refractivity contribution in [2.75, 3.05) is 46.3 Å². The molecule has 0 aliphatic carbocycles. The number of carbonyl (C=O) groups is 3. The third-order valence-corrected chi connectivity index (χ3v) is 6.45. The molecule has 0 saturated heterocycles. The van der Waals surface area contributed by atoms with Crippen molar-refractivity contribution in [1.29, 1.82) is 0 Å². The van der Waals surface area contributed by atoms with Gasteiger partial charge in [-0.15, -0.1) is 0 Å². The molecule has 0 saturated carbocycles. The first-order chi connectivity index (χ1) is 15.6. The van der Waals surface area contributed by atoms with Crippen LogP contribution >= 0.6 is 0 Å². The number of carbonyl (C=O) groups excluding carboxylic acids is 3. The minimum atomic E-state index is -4.02. The average Bonchev–Trinajstić information content (AvgIpc) is 2.82. The summed E-state index contributed by atoms with van der Waals surface area (Å²) in [6.45, 7) is 0.133. The van der Waals surface area contributed by atoms with Gasteiger partial charge in [0.05, 0.1) is 36.8 Å². The molecule has 176 valence electrons. The number of nitrogens with zero attached hydrogens (tertiary/aromatic N) is 1. The van der Waals surface area contributed by atoms with Crippen LogP contribution in [0.3, 0.4) is 0 Å². The molecule has 1 heterocycles. The van der Waals surface area contributed by atoms with Gasteiger partial charge in [0.15, 0.2) is 11.5 Å². The van der Waals surface area contributed by atoms with E-state index in [9.17, 15) is 22.8 Å². The fourth-order valence-corrected chi connectivity index (χ4v) is 4.17. The Balaban J connectivity index is 1.77. The maximum Gasteiger partial charge on any atom is 0.337 e. The van der Waals surface area contributed by atoms with Gasteiger partial charge < -0.3 is 24.3 Å². The van der Waals surface area contributed by atoms with E-state index in [1.807, 2.05) is 0 Å². The number of methoxy groups -OCH3 is 2. The predicted molar refractivity (Wildman–Crippen MR) is 115 cm³/mol. The SMILES string of the molecule is COC(=O)c1cc(NC(=O)CN(C)S(=O)(=O)c2ccc3c(c2)OCCO3)cc(C(=O)OC)c1. The first kappa shape index (κ1) is 24.0. The molecule has 2 aromatic carbocycles. The number of nitrogens with one attached hydrogen (secondary N) is 1. The molecule has 2 aromatic rings. The van der Waals surface area contributed by atoms with Crippen LogP contribution in [-0.4, -0.2) is 71.6 Å². The Bertz CT molecular complexity index is 1160. The van der Waals surface area contributed by atoms with E-state index < -0.39 is 34.4 Å². The van der Waals surface area contributed by atoms with E-state index in [4.69, 9.17) is 9.47 Å². The van der Waals surface area contributed by atoms with Crippen LogP contribution in [-0.2, 0) is 24.3 Å². The van der Waals surface area contributed by atoms with Gasteiger partial charge >= 0.3 is 11.9 Å². The standard InChI is InChI=1S/C21H22N2O9S/c1-23(33(27,28)16-4-5-17-18(11-16)32-7-6-31-17)12-19(24)22-15-9-13(20(25)29-2)8-14(10-15)21(26)30-3/h4-5,8-11H,6-7,12H2,1-3H3,(H,22,24). The minimum Gasteiger partial charge on any atom is -0.486 e. The quantitative estimate of drug-likeness (QED) is 0.584. The van der Waals surface area contributed by atoms with Crippen LogP contribution in [0.4, 0.5) is 5.69 Å². The van der Waals surface area contributed by atoms with Crippen molar-refractivity contribution in [2.45, 2.75) is 4.90 Å². The van der Waals surface area contributed by atoms with Crippen molar-refractivity contribution in [3.63, 3.8) is 0 Å². The monoisotopic (exact) mass is 478 g/mol. The molecule has 0 unspecified atom stereocenters. The van der Waals surface area contributed by atoms with Crippen LogP contribution in [0.15, 0.2) is 41.3 Å². The third-order valence-electron chi connectivity index (χ3n) is 4.65. The van der Waals surface area contributed by atoms with Gasteiger partial charge in [-0.1, -0.05) is 0 Å². The van der Waals surface area contributed by atoms with E-state index in [2.05, 4.69) is 14.8 Å². The van der Waals surface area contributed by atoms with Gasteiger partial charge in [-0.3, -0.25) is 4.79 Å². The molecular formula is C21H22N2O9S. The molecule has 1 aliphatic heterocycles. The molecule has 1 amide bonds. The molecular weight excluding hydrogens is 456 g/mol. The Morgan fingerprint density at radius 1 is 0.939 bits per heavy atom. The van der Waals surface area contributed by atoms with E-state index in [0.29, 0.717) is 24.7 Å². The molecule has 1 N–H and O–H groups in total. The fraction of sp³-hybridized carbons (Fsp3) is 0.286. The van der Waals surface area contributed by atoms with Crippen molar-refractivity contribution >= 4 is 33.6 Å². The second-order valence-corrected chi connectivity index (χ2v) is 8.94. The lowest BCUT2D eigenvalue weighted by Gasteiger charge is -2.21. The Labute approximate surface area is 190 Å². The highest BCUT2D eigenvalue weighted by molar-refractivity contribution is 7.89. The molecule has 0 spiro atoms. The first-order valence-electron chi connectivity index (χ1n) is 9.63. The molecule has 0 radical (unpaired) electrons. The maximum absolute atomic E-state index is 12.9.